The summed E-state index contributed by atoms with van der Waals surface area (Å²) >= 11 is 0. The molecule has 1 rings (SSSR count). The van der Waals surface area contributed by atoms with Crippen molar-refractivity contribution in [3.8, 4) is 0 Å². The average Bonchev–Trinajstić information content (AvgIpc) is 2.27. The zero-order chi connectivity index (χ0) is 13.4. The summed E-state index contributed by atoms with van der Waals surface area (Å²) in [6, 6.07) is -0.206. The molecule has 0 aromatic carbocycles. The summed E-state index contributed by atoms with van der Waals surface area (Å²) < 4.78 is 0. The number of aliphatic carboxylic acids is 1. The van der Waals surface area contributed by atoms with E-state index >= 15 is 0 Å². The van der Waals surface area contributed by atoms with Crippen LogP contribution in [0.3, 0.4) is 0 Å². The van der Waals surface area contributed by atoms with E-state index in [2.05, 4.69) is 16.0 Å². The van der Waals surface area contributed by atoms with Crippen molar-refractivity contribution in [3.63, 3.8) is 0 Å². The number of carboxylic acid groups (broad SMARTS) is 1. The molecular formula is C12H23N3O3. The monoisotopic (exact) mass is 257 g/mol. The van der Waals surface area contributed by atoms with E-state index in [0.29, 0.717) is 13.1 Å². The topological polar surface area (TPSA) is 90.5 Å². The van der Waals surface area contributed by atoms with Crippen molar-refractivity contribution in [2.45, 2.75) is 32.1 Å². The average molecular weight is 257 g/mol. The molecule has 0 spiro atoms. The first kappa shape index (κ1) is 14.8. The second-order valence-electron chi connectivity index (χ2n) is 4.99. The minimum Gasteiger partial charge on any atom is -0.481 e. The molecule has 4 N–H and O–H groups in total. The number of hydrogen-bond acceptors (Lipinski definition) is 3. The van der Waals surface area contributed by atoms with Gasteiger partial charge in [-0.25, -0.2) is 4.79 Å². The Hall–Kier alpha value is -1.30. The van der Waals surface area contributed by atoms with Crippen molar-refractivity contribution in [1.82, 2.24) is 16.0 Å². The van der Waals surface area contributed by atoms with E-state index in [1.54, 1.807) is 0 Å². The predicted octanol–water partition coefficient (Wildman–Crippen LogP) is 0.540. The van der Waals surface area contributed by atoms with Gasteiger partial charge in [0.15, 0.2) is 0 Å². The number of rotatable bonds is 8. The number of carbonyl (C=O) groups excluding carboxylic acids is 1. The van der Waals surface area contributed by atoms with Crippen LogP contribution in [-0.4, -0.2) is 43.8 Å². The lowest BCUT2D eigenvalue weighted by molar-refractivity contribution is -0.141. The van der Waals surface area contributed by atoms with Crippen LogP contribution in [0.15, 0.2) is 0 Å². The van der Waals surface area contributed by atoms with Crippen LogP contribution in [0.25, 0.3) is 0 Å². The molecule has 0 heterocycles. The number of carbonyl (C=O) groups is 2. The van der Waals surface area contributed by atoms with Gasteiger partial charge in [-0.05, 0) is 38.3 Å². The van der Waals surface area contributed by atoms with Gasteiger partial charge in [-0.1, -0.05) is 6.42 Å². The Balaban J connectivity index is 2.18. The third-order valence-corrected chi connectivity index (χ3v) is 3.45. The molecule has 1 fully saturated rings. The van der Waals surface area contributed by atoms with Crippen molar-refractivity contribution in [2.24, 2.45) is 5.41 Å². The second-order valence-corrected chi connectivity index (χ2v) is 4.99. The molecular weight excluding hydrogens is 234 g/mol. The highest BCUT2D eigenvalue weighted by Gasteiger charge is 2.39. The molecule has 0 bridgehead atoms. The molecule has 2 amide bonds. The largest absolute Gasteiger partial charge is 0.481 e. The van der Waals surface area contributed by atoms with Gasteiger partial charge in [-0.15, -0.1) is 0 Å². The summed E-state index contributed by atoms with van der Waals surface area (Å²) in [5.41, 5.74) is -0.214. The highest BCUT2D eigenvalue weighted by atomic mass is 16.4. The van der Waals surface area contributed by atoms with Gasteiger partial charge in [0.05, 0.1) is 6.42 Å². The van der Waals surface area contributed by atoms with Crippen molar-refractivity contribution in [1.29, 1.82) is 0 Å². The van der Waals surface area contributed by atoms with Gasteiger partial charge in [0, 0.05) is 13.1 Å². The molecule has 1 aliphatic carbocycles. The van der Waals surface area contributed by atoms with Crippen LogP contribution in [0.2, 0.25) is 0 Å². The molecule has 0 aliphatic heterocycles. The van der Waals surface area contributed by atoms with Crippen LogP contribution in [0.5, 0.6) is 0 Å². The van der Waals surface area contributed by atoms with E-state index in [-0.39, 0.29) is 17.9 Å². The van der Waals surface area contributed by atoms with Gasteiger partial charge in [-0.2, -0.15) is 0 Å². The molecule has 0 saturated heterocycles. The molecule has 0 atom stereocenters. The van der Waals surface area contributed by atoms with E-state index in [1.807, 2.05) is 7.05 Å². The number of urea groups is 1. The smallest absolute Gasteiger partial charge is 0.314 e. The van der Waals surface area contributed by atoms with Crippen molar-refractivity contribution < 1.29 is 14.7 Å². The minimum absolute atomic E-state index is 0.146. The Labute approximate surface area is 108 Å². The first-order chi connectivity index (χ1) is 8.58. The Morgan fingerprint density at radius 1 is 1.22 bits per heavy atom. The lowest BCUT2D eigenvalue weighted by Gasteiger charge is -2.40. The van der Waals surface area contributed by atoms with Gasteiger partial charge in [-0.3, -0.25) is 4.79 Å². The van der Waals surface area contributed by atoms with E-state index < -0.39 is 5.97 Å². The lowest BCUT2D eigenvalue weighted by Crippen LogP contribution is -2.46. The fraction of sp³-hybridized carbons (Fsp3) is 0.833. The SMILES string of the molecule is CNCCCNC(=O)NCC1(CC(=O)O)CCC1. The summed E-state index contributed by atoms with van der Waals surface area (Å²) in [6.07, 6.45) is 3.86. The molecule has 0 aromatic rings. The second kappa shape index (κ2) is 7.20. The number of nitrogens with one attached hydrogen (secondary N) is 3. The van der Waals surface area contributed by atoms with E-state index in [1.165, 1.54) is 0 Å². The van der Waals surface area contributed by atoms with E-state index in [4.69, 9.17) is 5.11 Å². The van der Waals surface area contributed by atoms with Crippen molar-refractivity contribution in [3.05, 3.63) is 0 Å². The highest BCUT2D eigenvalue weighted by Crippen LogP contribution is 2.43. The molecule has 6 nitrogen and oxygen atoms in total. The van der Waals surface area contributed by atoms with Gasteiger partial charge in [0.2, 0.25) is 0 Å². The Kier molecular flexibility index (Phi) is 5.91. The van der Waals surface area contributed by atoms with Crippen LogP contribution in [-0.2, 0) is 4.79 Å². The molecule has 6 heteroatoms. The number of carboxylic acids is 1. The molecule has 1 saturated carbocycles. The fourth-order valence-corrected chi connectivity index (χ4v) is 2.21. The summed E-state index contributed by atoms with van der Waals surface area (Å²) in [5.74, 6) is -0.786. The standard InChI is InChI=1S/C12H23N3O3/c1-13-6-3-7-14-11(18)15-9-12(4-2-5-12)8-10(16)17/h13H,2-9H2,1H3,(H,16,17)(H2,14,15,18). The third-order valence-electron chi connectivity index (χ3n) is 3.45. The number of hydrogen-bond donors (Lipinski definition) is 4. The third kappa shape index (κ3) is 4.91. The van der Waals surface area contributed by atoms with Gasteiger partial charge in [0.25, 0.3) is 0 Å². The van der Waals surface area contributed by atoms with Gasteiger partial charge in [0.1, 0.15) is 0 Å². The first-order valence-electron chi connectivity index (χ1n) is 6.46. The van der Waals surface area contributed by atoms with Crippen LogP contribution < -0.4 is 16.0 Å². The fourth-order valence-electron chi connectivity index (χ4n) is 2.21. The van der Waals surface area contributed by atoms with E-state index in [9.17, 15) is 9.59 Å². The van der Waals surface area contributed by atoms with Gasteiger partial charge < -0.3 is 21.1 Å². The number of amides is 2. The lowest BCUT2D eigenvalue weighted by atomic mass is 9.66. The summed E-state index contributed by atoms with van der Waals surface area (Å²) in [5, 5.41) is 17.4. The maximum Gasteiger partial charge on any atom is 0.314 e. The Morgan fingerprint density at radius 2 is 1.94 bits per heavy atom. The molecule has 18 heavy (non-hydrogen) atoms. The summed E-state index contributed by atoms with van der Waals surface area (Å²) in [6.45, 7) is 1.94. The maximum absolute atomic E-state index is 11.5. The Morgan fingerprint density at radius 3 is 2.44 bits per heavy atom. The van der Waals surface area contributed by atoms with E-state index in [0.717, 1.165) is 32.2 Å². The zero-order valence-corrected chi connectivity index (χ0v) is 10.9. The minimum atomic E-state index is -0.786. The van der Waals surface area contributed by atoms with Crippen LogP contribution >= 0.6 is 0 Å². The van der Waals surface area contributed by atoms with Crippen LogP contribution in [0.4, 0.5) is 4.79 Å². The highest BCUT2D eigenvalue weighted by molar-refractivity contribution is 5.74. The molecule has 1 aliphatic rings. The maximum atomic E-state index is 11.5. The van der Waals surface area contributed by atoms with Gasteiger partial charge >= 0.3 is 12.0 Å². The van der Waals surface area contributed by atoms with Crippen LogP contribution in [0.1, 0.15) is 32.1 Å². The molecule has 0 radical (unpaired) electrons. The van der Waals surface area contributed by atoms with Crippen LogP contribution in [0, 0.1) is 5.41 Å². The normalized spacial score (nSPS) is 16.7. The molecule has 0 aromatic heterocycles. The predicted molar refractivity (Wildman–Crippen MR) is 68.5 cm³/mol. The van der Waals surface area contributed by atoms with Crippen molar-refractivity contribution >= 4 is 12.0 Å². The van der Waals surface area contributed by atoms with Crippen molar-refractivity contribution in [2.75, 3.05) is 26.7 Å². The summed E-state index contributed by atoms with van der Waals surface area (Å²) in [7, 11) is 1.87. The molecule has 104 valence electrons. The quantitative estimate of drug-likeness (QED) is 0.478. The zero-order valence-electron chi connectivity index (χ0n) is 10.9. The first-order valence-corrected chi connectivity index (χ1v) is 6.46. The summed E-state index contributed by atoms with van der Waals surface area (Å²) in [4.78, 5) is 22.2. The Bertz CT molecular complexity index is 290. The molecule has 0 unspecified atom stereocenters.